The predicted octanol–water partition coefficient (Wildman–Crippen LogP) is 2.91. The molecule has 1 aliphatic carbocycles. The van der Waals surface area contributed by atoms with Crippen molar-refractivity contribution in [1.82, 2.24) is 14.9 Å². The lowest BCUT2D eigenvalue weighted by molar-refractivity contribution is -0.144. The summed E-state index contributed by atoms with van der Waals surface area (Å²) in [5.41, 5.74) is -0.723. The Morgan fingerprint density at radius 1 is 1.23 bits per heavy atom. The van der Waals surface area contributed by atoms with Gasteiger partial charge in [-0.3, -0.25) is 4.79 Å². The van der Waals surface area contributed by atoms with Crippen molar-refractivity contribution >= 4 is 5.91 Å². The van der Waals surface area contributed by atoms with Gasteiger partial charge in [-0.05, 0) is 19.3 Å². The Kier molecular flexibility index (Phi) is 4.14. The van der Waals surface area contributed by atoms with Crippen LogP contribution in [0.15, 0.2) is 6.20 Å². The van der Waals surface area contributed by atoms with E-state index in [4.69, 9.17) is 0 Å². The summed E-state index contributed by atoms with van der Waals surface area (Å²) in [6.07, 6.45) is 2.67. The van der Waals surface area contributed by atoms with Gasteiger partial charge in [-0.25, -0.2) is 4.98 Å². The number of hydrogen-bond donors (Lipinski definition) is 1. The van der Waals surface area contributed by atoms with E-state index in [1.165, 1.54) is 11.0 Å². The normalized spacial score (nSPS) is 23.1. The van der Waals surface area contributed by atoms with Crippen LogP contribution in [0.5, 0.6) is 0 Å². The van der Waals surface area contributed by atoms with Gasteiger partial charge in [0, 0.05) is 24.9 Å². The van der Waals surface area contributed by atoms with Crippen LogP contribution >= 0.6 is 0 Å². The molecule has 0 aromatic carbocycles. The van der Waals surface area contributed by atoms with Gasteiger partial charge in [0.25, 0.3) is 0 Å². The monoisotopic (exact) mass is 315 g/mol. The van der Waals surface area contributed by atoms with Gasteiger partial charge < -0.3 is 9.88 Å². The lowest BCUT2D eigenvalue weighted by atomic mass is 9.88. The molecule has 1 fully saturated rings. The molecule has 0 spiro atoms. The summed E-state index contributed by atoms with van der Waals surface area (Å²) in [5.74, 6) is 0.484. The molecule has 1 amide bonds. The van der Waals surface area contributed by atoms with E-state index < -0.39 is 11.9 Å². The lowest BCUT2D eigenvalue weighted by Crippen LogP contribution is -2.44. The van der Waals surface area contributed by atoms with E-state index in [0.29, 0.717) is 18.7 Å². The van der Waals surface area contributed by atoms with Gasteiger partial charge in [0.1, 0.15) is 11.5 Å². The second-order valence-electron chi connectivity index (χ2n) is 6.25. The highest BCUT2D eigenvalue weighted by Crippen LogP contribution is 2.32. The SMILES string of the molecule is O=C(NC1CCc2ncc(C(F)(F)F)n2C1)C1CCCCC1. The van der Waals surface area contributed by atoms with Crippen LogP contribution in [-0.4, -0.2) is 21.5 Å². The van der Waals surface area contributed by atoms with Crippen molar-refractivity contribution in [3.63, 3.8) is 0 Å². The maximum atomic E-state index is 12.9. The molecule has 1 N–H and O–H groups in total. The van der Waals surface area contributed by atoms with Crippen LogP contribution in [0.25, 0.3) is 0 Å². The molecule has 22 heavy (non-hydrogen) atoms. The van der Waals surface area contributed by atoms with E-state index in [9.17, 15) is 18.0 Å². The third-order valence-corrected chi connectivity index (χ3v) is 4.67. The topological polar surface area (TPSA) is 46.9 Å². The number of rotatable bonds is 2. The summed E-state index contributed by atoms with van der Waals surface area (Å²) in [7, 11) is 0. The Balaban J connectivity index is 1.66. The zero-order chi connectivity index (χ0) is 15.7. The Morgan fingerprint density at radius 2 is 1.95 bits per heavy atom. The summed E-state index contributed by atoms with van der Waals surface area (Å²) in [5, 5.41) is 2.94. The first kappa shape index (κ1) is 15.4. The van der Waals surface area contributed by atoms with Crippen LogP contribution in [0.2, 0.25) is 0 Å². The highest BCUT2D eigenvalue weighted by Gasteiger charge is 2.38. The second-order valence-corrected chi connectivity index (χ2v) is 6.25. The van der Waals surface area contributed by atoms with Crippen molar-refractivity contribution in [2.24, 2.45) is 5.92 Å². The average molecular weight is 315 g/mol. The molecule has 0 saturated heterocycles. The number of alkyl halides is 3. The zero-order valence-corrected chi connectivity index (χ0v) is 12.3. The number of hydrogen-bond acceptors (Lipinski definition) is 2. The van der Waals surface area contributed by atoms with Crippen LogP contribution in [0.4, 0.5) is 13.2 Å². The van der Waals surface area contributed by atoms with Crippen molar-refractivity contribution < 1.29 is 18.0 Å². The molecule has 1 aromatic rings. The predicted molar refractivity (Wildman–Crippen MR) is 74.1 cm³/mol. The van der Waals surface area contributed by atoms with Crippen molar-refractivity contribution in [2.75, 3.05) is 0 Å². The van der Waals surface area contributed by atoms with Crippen LogP contribution < -0.4 is 5.32 Å². The number of halogens is 3. The first-order valence-electron chi connectivity index (χ1n) is 7.87. The second kappa shape index (κ2) is 5.93. The molecular formula is C15H20F3N3O. The molecule has 1 aliphatic heterocycles. The van der Waals surface area contributed by atoms with Crippen molar-refractivity contribution in [3.8, 4) is 0 Å². The third kappa shape index (κ3) is 3.13. The van der Waals surface area contributed by atoms with Crippen LogP contribution in [0.1, 0.15) is 50.0 Å². The minimum Gasteiger partial charge on any atom is -0.351 e. The van der Waals surface area contributed by atoms with E-state index in [2.05, 4.69) is 10.3 Å². The van der Waals surface area contributed by atoms with E-state index in [1.807, 2.05) is 0 Å². The number of amides is 1. The Labute approximate surface area is 127 Å². The fourth-order valence-corrected chi connectivity index (χ4v) is 3.46. The summed E-state index contributed by atoms with van der Waals surface area (Å²) >= 11 is 0. The van der Waals surface area contributed by atoms with Gasteiger partial charge in [0.15, 0.2) is 0 Å². The Bertz CT molecular complexity index is 547. The molecule has 4 nitrogen and oxygen atoms in total. The fourth-order valence-electron chi connectivity index (χ4n) is 3.46. The molecule has 3 rings (SSSR count). The smallest absolute Gasteiger partial charge is 0.351 e. The molecule has 0 bridgehead atoms. The van der Waals surface area contributed by atoms with E-state index in [0.717, 1.165) is 31.9 Å². The molecule has 1 atom stereocenters. The number of aromatic nitrogens is 2. The number of aryl methyl sites for hydroxylation is 1. The Morgan fingerprint density at radius 3 is 2.64 bits per heavy atom. The maximum Gasteiger partial charge on any atom is 0.433 e. The molecular weight excluding hydrogens is 295 g/mol. The van der Waals surface area contributed by atoms with Gasteiger partial charge in [0.05, 0.1) is 6.20 Å². The van der Waals surface area contributed by atoms with Crippen LogP contribution in [0.3, 0.4) is 0 Å². The third-order valence-electron chi connectivity index (χ3n) is 4.67. The first-order valence-corrected chi connectivity index (χ1v) is 7.87. The van der Waals surface area contributed by atoms with Crippen molar-refractivity contribution in [3.05, 3.63) is 17.7 Å². The summed E-state index contributed by atoms with van der Waals surface area (Å²) in [6.45, 7) is 0.155. The maximum absolute atomic E-state index is 12.9. The summed E-state index contributed by atoms with van der Waals surface area (Å²) < 4.78 is 40.0. The first-order chi connectivity index (χ1) is 10.4. The summed E-state index contributed by atoms with van der Waals surface area (Å²) in [6, 6.07) is -0.239. The quantitative estimate of drug-likeness (QED) is 0.912. The number of nitrogens with one attached hydrogen (secondary N) is 1. The van der Waals surface area contributed by atoms with Gasteiger partial charge in [-0.1, -0.05) is 19.3 Å². The average Bonchev–Trinajstić information content (AvgIpc) is 2.91. The molecule has 122 valence electrons. The van der Waals surface area contributed by atoms with Gasteiger partial charge in [0.2, 0.25) is 5.91 Å². The molecule has 1 aromatic heterocycles. The number of carbonyl (C=O) groups excluding carboxylic acids is 1. The molecule has 1 saturated carbocycles. The van der Waals surface area contributed by atoms with Crippen LogP contribution in [0, 0.1) is 5.92 Å². The number of nitrogens with zero attached hydrogens (tertiary/aromatic N) is 2. The number of carbonyl (C=O) groups is 1. The van der Waals surface area contributed by atoms with Gasteiger partial charge >= 0.3 is 6.18 Å². The molecule has 0 radical (unpaired) electrons. The Hall–Kier alpha value is -1.53. The minimum atomic E-state index is -4.40. The van der Waals surface area contributed by atoms with Crippen LogP contribution in [-0.2, 0) is 23.9 Å². The molecule has 7 heteroatoms. The molecule has 1 unspecified atom stereocenters. The highest BCUT2D eigenvalue weighted by atomic mass is 19.4. The van der Waals surface area contributed by atoms with E-state index in [1.54, 1.807) is 0 Å². The van der Waals surface area contributed by atoms with E-state index in [-0.39, 0.29) is 24.4 Å². The largest absolute Gasteiger partial charge is 0.433 e. The van der Waals surface area contributed by atoms with Crippen molar-refractivity contribution in [2.45, 2.75) is 63.7 Å². The van der Waals surface area contributed by atoms with Gasteiger partial charge in [-0.15, -0.1) is 0 Å². The van der Waals surface area contributed by atoms with Gasteiger partial charge in [-0.2, -0.15) is 13.2 Å². The molecule has 2 aliphatic rings. The summed E-state index contributed by atoms with van der Waals surface area (Å²) in [4.78, 5) is 16.1. The highest BCUT2D eigenvalue weighted by molar-refractivity contribution is 5.79. The fraction of sp³-hybridized carbons (Fsp3) is 0.733. The van der Waals surface area contributed by atoms with E-state index >= 15 is 0 Å². The van der Waals surface area contributed by atoms with Crippen molar-refractivity contribution in [1.29, 1.82) is 0 Å². The zero-order valence-electron chi connectivity index (χ0n) is 12.3. The molecule has 2 heterocycles. The number of imidazole rings is 1. The minimum absolute atomic E-state index is 0.00169. The number of fused-ring (bicyclic) bond motifs is 1. The standard InChI is InChI=1S/C15H20F3N3O/c16-15(17,18)12-8-19-13-7-6-11(9-21(12)13)20-14(22)10-4-2-1-3-5-10/h8,10-11H,1-7,9H2,(H,20,22). The lowest BCUT2D eigenvalue weighted by Gasteiger charge is -2.29.